The Morgan fingerprint density at radius 1 is 0.431 bits per heavy atom. The van der Waals surface area contributed by atoms with Gasteiger partial charge in [-0.1, -0.05) is 117 Å². The molecule has 0 bridgehead atoms. The lowest BCUT2D eigenvalue weighted by Gasteiger charge is -2.29. The molecule has 0 saturated heterocycles. The van der Waals surface area contributed by atoms with Gasteiger partial charge in [0.1, 0.15) is 16.2 Å². The average molecular weight is 852 g/mol. The molecule has 10 aromatic carbocycles. The summed E-state index contributed by atoms with van der Waals surface area (Å²) in [5.41, 5.74) is 15.6. The van der Waals surface area contributed by atoms with Crippen molar-refractivity contribution in [1.82, 2.24) is 4.98 Å². The maximum atomic E-state index is 6.29. The maximum absolute atomic E-state index is 6.29. The molecule has 0 amide bonds. The van der Waals surface area contributed by atoms with Gasteiger partial charge in [-0.05, 0) is 148 Å². The molecule has 0 saturated carbocycles. The van der Waals surface area contributed by atoms with Crippen LogP contribution in [-0.4, -0.2) is 4.98 Å². The van der Waals surface area contributed by atoms with Crippen LogP contribution in [0.25, 0.3) is 75.4 Å². The van der Waals surface area contributed by atoms with Gasteiger partial charge in [0.05, 0.1) is 10.2 Å². The van der Waals surface area contributed by atoms with Crippen LogP contribution in [0.2, 0.25) is 0 Å². The summed E-state index contributed by atoms with van der Waals surface area (Å²) >= 11 is 1.78. The van der Waals surface area contributed by atoms with E-state index < -0.39 is 0 Å². The first-order valence-corrected chi connectivity index (χ1v) is 23.0. The Hall–Kier alpha value is -7.99. The van der Waals surface area contributed by atoms with Crippen molar-refractivity contribution < 1.29 is 4.42 Å². The number of aromatic nitrogens is 1. The molecule has 12 aromatic rings. The summed E-state index contributed by atoms with van der Waals surface area (Å²) in [5.74, 6) is 0. The van der Waals surface area contributed by atoms with Gasteiger partial charge in [-0.15, -0.1) is 11.3 Å². The van der Waals surface area contributed by atoms with Gasteiger partial charge in [-0.3, -0.25) is 0 Å². The van der Waals surface area contributed by atoms with E-state index in [1.165, 1.54) is 48.5 Å². The number of fused-ring (bicyclic) bond motifs is 11. The molecular weight excluding hydrogens is 811 g/mol. The SMILES string of the molecule is CC1(C)c2cc3ccccc3cc2-c2ccc3c(ccc4nc(-c5ccc(N(c6cccc(N(c7ccccc7)c7ccccc7)c6)c6ccc7oc8ccccc8c7c6)cc5)sc43)c21. The summed E-state index contributed by atoms with van der Waals surface area (Å²) in [4.78, 5) is 9.92. The minimum Gasteiger partial charge on any atom is -0.456 e. The number of hydrogen-bond acceptors (Lipinski definition) is 5. The van der Waals surface area contributed by atoms with Crippen molar-refractivity contribution in [2.45, 2.75) is 19.3 Å². The number of furan rings is 1. The summed E-state index contributed by atoms with van der Waals surface area (Å²) in [6.45, 7) is 4.76. The molecule has 0 fully saturated rings. The van der Waals surface area contributed by atoms with Crippen molar-refractivity contribution in [3.63, 3.8) is 0 Å². The van der Waals surface area contributed by atoms with Gasteiger partial charge in [0.15, 0.2) is 0 Å². The summed E-state index contributed by atoms with van der Waals surface area (Å²) in [6, 6.07) is 76.3. The maximum Gasteiger partial charge on any atom is 0.135 e. The fourth-order valence-electron chi connectivity index (χ4n) is 10.4. The summed E-state index contributed by atoms with van der Waals surface area (Å²) in [7, 11) is 0. The second-order valence-corrected chi connectivity index (χ2v) is 18.6. The Balaban J connectivity index is 0.916. The first-order chi connectivity index (χ1) is 32.0. The van der Waals surface area contributed by atoms with Crippen LogP contribution in [0, 0.1) is 0 Å². The zero-order chi connectivity index (χ0) is 43.2. The van der Waals surface area contributed by atoms with E-state index in [-0.39, 0.29) is 5.41 Å². The third-order valence-electron chi connectivity index (χ3n) is 13.4. The van der Waals surface area contributed by atoms with Crippen molar-refractivity contribution in [2.75, 3.05) is 9.80 Å². The van der Waals surface area contributed by atoms with Gasteiger partial charge in [0.2, 0.25) is 0 Å². The van der Waals surface area contributed by atoms with Crippen LogP contribution in [0.3, 0.4) is 0 Å². The van der Waals surface area contributed by atoms with Gasteiger partial charge in [0.25, 0.3) is 0 Å². The molecule has 2 aromatic heterocycles. The predicted molar refractivity (Wildman–Crippen MR) is 274 cm³/mol. The molecule has 2 heterocycles. The minimum absolute atomic E-state index is 0.132. The van der Waals surface area contributed by atoms with Crippen molar-refractivity contribution in [3.8, 4) is 21.7 Å². The molecule has 0 N–H and O–H groups in total. The van der Waals surface area contributed by atoms with Gasteiger partial charge < -0.3 is 14.2 Å². The molecular formula is C60H41N3OS. The number of thiazole rings is 1. The zero-order valence-electron chi connectivity index (χ0n) is 35.9. The van der Waals surface area contributed by atoms with Crippen molar-refractivity contribution >= 4 is 99.2 Å². The highest BCUT2D eigenvalue weighted by molar-refractivity contribution is 7.22. The summed E-state index contributed by atoms with van der Waals surface area (Å²) in [6.07, 6.45) is 0. The van der Waals surface area contributed by atoms with Crippen molar-refractivity contribution in [2.24, 2.45) is 0 Å². The minimum atomic E-state index is -0.132. The first-order valence-electron chi connectivity index (χ1n) is 22.2. The normalized spacial score (nSPS) is 12.9. The van der Waals surface area contributed by atoms with Crippen LogP contribution in [0.5, 0.6) is 0 Å². The first kappa shape index (κ1) is 37.6. The molecule has 0 spiro atoms. The van der Waals surface area contributed by atoms with E-state index in [4.69, 9.17) is 9.40 Å². The third-order valence-corrected chi connectivity index (χ3v) is 14.5. The van der Waals surface area contributed by atoms with Gasteiger partial charge in [0, 0.05) is 61.3 Å². The number of benzene rings is 10. The molecule has 0 radical (unpaired) electrons. The fourth-order valence-corrected chi connectivity index (χ4v) is 11.5. The van der Waals surface area contributed by atoms with E-state index >= 15 is 0 Å². The van der Waals surface area contributed by atoms with Gasteiger partial charge >= 0.3 is 0 Å². The monoisotopic (exact) mass is 851 g/mol. The largest absolute Gasteiger partial charge is 0.456 e. The standard InChI is InChI=1S/C60H41N3OS/c1-60(2)53-35-40-15-10-9-14-39(40)34-51(53)49-29-30-50-48(57(49)60)31-32-54-58(50)65-59(61-54)38-24-26-43(27-25-38)63(46-28-33-56-52(37-46)47-22-11-12-23-55(47)64-56)45-21-13-20-44(36-45)62(41-16-5-3-6-17-41)42-18-7-4-8-19-42/h3-37H,1-2H3. The Morgan fingerprint density at radius 2 is 1.02 bits per heavy atom. The van der Waals surface area contributed by atoms with Crippen molar-refractivity contribution in [1.29, 1.82) is 0 Å². The molecule has 65 heavy (non-hydrogen) atoms. The molecule has 0 unspecified atom stereocenters. The van der Waals surface area contributed by atoms with E-state index in [0.29, 0.717) is 0 Å². The highest BCUT2D eigenvalue weighted by atomic mass is 32.1. The highest BCUT2D eigenvalue weighted by Crippen LogP contribution is 2.53. The van der Waals surface area contributed by atoms with Gasteiger partial charge in [-0.25, -0.2) is 4.98 Å². The van der Waals surface area contributed by atoms with E-state index in [1.54, 1.807) is 11.3 Å². The number of hydrogen-bond donors (Lipinski definition) is 0. The molecule has 1 aliphatic carbocycles. The Kier molecular flexibility index (Phi) is 8.39. The number of nitrogens with zero attached hydrogens (tertiary/aromatic N) is 3. The van der Waals surface area contributed by atoms with E-state index in [2.05, 4.69) is 224 Å². The van der Waals surface area contributed by atoms with E-state index in [0.717, 1.165) is 72.2 Å². The zero-order valence-corrected chi connectivity index (χ0v) is 36.7. The molecule has 0 atom stereocenters. The lowest BCUT2D eigenvalue weighted by Crippen LogP contribution is -2.15. The number of rotatable bonds is 7. The van der Waals surface area contributed by atoms with Crippen LogP contribution in [0.1, 0.15) is 25.0 Å². The van der Waals surface area contributed by atoms with Crippen LogP contribution >= 0.6 is 11.3 Å². The second-order valence-electron chi connectivity index (χ2n) is 17.6. The summed E-state index contributed by atoms with van der Waals surface area (Å²) in [5, 5.41) is 8.34. The van der Waals surface area contributed by atoms with Crippen LogP contribution in [0.15, 0.2) is 217 Å². The van der Waals surface area contributed by atoms with E-state index in [1.807, 2.05) is 12.1 Å². The quantitative estimate of drug-likeness (QED) is 0.160. The van der Waals surface area contributed by atoms with Crippen LogP contribution < -0.4 is 9.80 Å². The Labute approximate surface area is 380 Å². The molecule has 4 nitrogen and oxygen atoms in total. The highest BCUT2D eigenvalue weighted by Gasteiger charge is 2.37. The predicted octanol–water partition coefficient (Wildman–Crippen LogP) is 17.4. The smallest absolute Gasteiger partial charge is 0.135 e. The molecule has 0 aliphatic heterocycles. The number of anilines is 6. The molecule has 5 heteroatoms. The topological polar surface area (TPSA) is 32.5 Å². The molecule has 308 valence electrons. The lowest BCUT2D eigenvalue weighted by atomic mass is 9.80. The third kappa shape index (κ3) is 6.00. The van der Waals surface area contributed by atoms with Crippen LogP contribution in [0.4, 0.5) is 34.1 Å². The van der Waals surface area contributed by atoms with Crippen molar-refractivity contribution in [3.05, 3.63) is 223 Å². The lowest BCUT2D eigenvalue weighted by molar-refractivity contribution is 0.667. The van der Waals surface area contributed by atoms with Gasteiger partial charge in [-0.2, -0.15) is 0 Å². The Morgan fingerprint density at radius 3 is 1.77 bits per heavy atom. The average Bonchev–Trinajstić information content (AvgIpc) is 4.02. The van der Waals surface area contributed by atoms with E-state index in [9.17, 15) is 0 Å². The molecule has 1 aliphatic rings. The fraction of sp³-hybridized carbons (Fsp3) is 0.0500. The van der Waals surface area contributed by atoms with Crippen LogP contribution in [-0.2, 0) is 5.41 Å². The molecule has 13 rings (SSSR count). The Bertz CT molecular complexity index is 3770. The number of para-hydroxylation sites is 3. The second kappa shape index (κ2) is 14.5. The summed E-state index contributed by atoms with van der Waals surface area (Å²) < 4.78 is 7.52.